The maximum absolute atomic E-state index is 12.7. The van der Waals surface area contributed by atoms with Crippen molar-refractivity contribution in [3.05, 3.63) is 65.7 Å². The van der Waals surface area contributed by atoms with Crippen LogP contribution in [-0.4, -0.2) is 35.3 Å². The first kappa shape index (κ1) is 19.6. The molecule has 0 bridgehead atoms. The van der Waals surface area contributed by atoms with Crippen LogP contribution in [-0.2, 0) is 16.0 Å². The molecular weight excluding hydrogens is 354 g/mol. The lowest BCUT2D eigenvalue weighted by atomic mass is 10.1. The first-order valence-electron chi connectivity index (χ1n) is 9.50. The van der Waals surface area contributed by atoms with Gasteiger partial charge in [0.1, 0.15) is 12.6 Å². The van der Waals surface area contributed by atoms with E-state index in [0.29, 0.717) is 5.69 Å². The Bertz CT molecular complexity index is 864. The maximum atomic E-state index is 12.7. The summed E-state index contributed by atoms with van der Waals surface area (Å²) in [6.45, 7) is 5.35. The van der Waals surface area contributed by atoms with Gasteiger partial charge < -0.3 is 5.32 Å². The van der Waals surface area contributed by atoms with Gasteiger partial charge in [0.15, 0.2) is 0 Å². The molecule has 1 heterocycles. The summed E-state index contributed by atoms with van der Waals surface area (Å²) in [5.41, 5.74) is 2.84. The number of nitrogens with zero attached hydrogens (tertiary/aromatic N) is 2. The van der Waals surface area contributed by atoms with Crippen molar-refractivity contribution in [1.82, 2.24) is 10.2 Å². The average molecular weight is 379 g/mol. The van der Waals surface area contributed by atoms with E-state index in [4.69, 9.17) is 0 Å². The summed E-state index contributed by atoms with van der Waals surface area (Å²) in [5, 5.41) is 2.87. The number of imide groups is 1. The number of anilines is 1. The molecule has 2 aromatic carbocycles. The van der Waals surface area contributed by atoms with Crippen molar-refractivity contribution in [3.63, 3.8) is 0 Å². The molecule has 2 atom stereocenters. The van der Waals surface area contributed by atoms with Gasteiger partial charge in [0.25, 0.3) is 5.91 Å². The average Bonchev–Trinajstić information content (AvgIpc) is 2.92. The molecule has 0 saturated carbocycles. The highest BCUT2D eigenvalue weighted by molar-refractivity contribution is 6.15. The van der Waals surface area contributed by atoms with E-state index in [0.717, 1.165) is 16.9 Å². The summed E-state index contributed by atoms with van der Waals surface area (Å²) in [6, 6.07) is 15.7. The quantitative estimate of drug-likeness (QED) is 0.783. The van der Waals surface area contributed by atoms with Gasteiger partial charge in [-0.1, -0.05) is 49.4 Å². The van der Waals surface area contributed by atoms with Crippen LogP contribution in [0.15, 0.2) is 54.6 Å². The summed E-state index contributed by atoms with van der Waals surface area (Å²) in [5.74, 6) is -0.736. The Morgan fingerprint density at radius 3 is 2.32 bits per heavy atom. The normalized spacial score (nSPS) is 17.8. The van der Waals surface area contributed by atoms with E-state index in [2.05, 4.69) is 12.2 Å². The van der Waals surface area contributed by atoms with Crippen molar-refractivity contribution < 1.29 is 14.4 Å². The number of hydrogen-bond acceptors (Lipinski definition) is 3. The molecule has 2 aromatic rings. The van der Waals surface area contributed by atoms with Crippen molar-refractivity contribution in [2.45, 2.75) is 39.3 Å². The summed E-state index contributed by atoms with van der Waals surface area (Å²) in [7, 11) is 0. The third kappa shape index (κ3) is 3.91. The number of urea groups is 1. The highest BCUT2D eigenvalue weighted by Gasteiger charge is 2.44. The molecule has 0 radical (unpaired) electrons. The number of hydrogen-bond donors (Lipinski definition) is 1. The van der Waals surface area contributed by atoms with E-state index in [9.17, 15) is 14.4 Å². The highest BCUT2D eigenvalue weighted by atomic mass is 16.2. The fourth-order valence-electron chi connectivity index (χ4n) is 3.35. The van der Waals surface area contributed by atoms with E-state index in [-0.39, 0.29) is 24.4 Å². The Labute approximate surface area is 165 Å². The van der Waals surface area contributed by atoms with Crippen molar-refractivity contribution >= 4 is 23.5 Å². The molecule has 0 spiro atoms. The second-order valence-corrected chi connectivity index (χ2v) is 6.97. The van der Waals surface area contributed by atoms with Crippen molar-refractivity contribution in [2.75, 3.05) is 11.4 Å². The highest BCUT2D eigenvalue weighted by Crippen LogP contribution is 2.25. The van der Waals surface area contributed by atoms with Crippen LogP contribution in [0.4, 0.5) is 10.5 Å². The van der Waals surface area contributed by atoms with Gasteiger partial charge in [-0.05, 0) is 43.5 Å². The molecular formula is C22H25N3O3. The molecule has 6 heteroatoms. The van der Waals surface area contributed by atoms with Crippen LogP contribution in [0.25, 0.3) is 0 Å². The molecule has 146 valence electrons. The molecule has 1 aliphatic heterocycles. The van der Waals surface area contributed by atoms with Gasteiger partial charge in [-0.15, -0.1) is 0 Å². The van der Waals surface area contributed by atoms with E-state index < -0.39 is 12.1 Å². The van der Waals surface area contributed by atoms with E-state index in [1.165, 1.54) is 10.5 Å². The standard InChI is InChI=1S/C22H25N3O3/c1-4-17-10-12-18(13-11-17)15(2)23-20(26)14-24-21(27)16(3)25(22(24)28)19-8-6-5-7-9-19/h5-13,15-16H,4,14H2,1-3H3,(H,23,26). The summed E-state index contributed by atoms with van der Waals surface area (Å²) >= 11 is 0. The van der Waals surface area contributed by atoms with Crippen LogP contribution < -0.4 is 10.2 Å². The fourth-order valence-corrected chi connectivity index (χ4v) is 3.35. The van der Waals surface area contributed by atoms with Crippen molar-refractivity contribution in [2.24, 2.45) is 0 Å². The van der Waals surface area contributed by atoms with Crippen molar-refractivity contribution in [3.8, 4) is 0 Å². The molecule has 3 rings (SSSR count). The number of benzene rings is 2. The monoisotopic (exact) mass is 379 g/mol. The summed E-state index contributed by atoms with van der Waals surface area (Å²) < 4.78 is 0. The molecule has 4 amide bonds. The Hall–Kier alpha value is -3.15. The van der Waals surface area contributed by atoms with Crippen LogP contribution in [0.5, 0.6) is 0 Å². The molecule has 1 aliphatic rings. The van der Waals surface area contributed by atoms with Gasteiger partial charge in [-0.25, -0.2) is 4.79 Å². The van der Waals surface area contributed by atoms with Gasteiger partial charge in [-0.3, -0.25) is 19.4 Å². The molecule has 1 fully saturated rings. The third-order valence-electron chi connectivity index (χ3n) is 5.05. The lowest BCUT2D eigenvalue weighted by Gasteiger charge is -2.20. The first-order chi connectivity index (χ1) is 13.4. The molecule has 28 heavy (non-hydrogen) atoms. The van der Waals surface area contributed by atoms with E-state index in [1.807, 2.05) is 37.3 Å². The minimum Gasteiger partial charge on any atom is -0.348 e. The lowest BCUT2D eigenvalue weighted by Crippen LogP contribution is -2.42. The zero-order valence-electron chi connectivity index (χ0n) is 16.4. The second kappa shape index (κ2) is 8.25. The number of amides is 4. The van der Waals surface area contributed by atoms with Crippen LogP contribution >= 0.6 is 0 Å². The zero-order chi connectivity index (χ0) is 20.3. The maximum Gasteiger partial charge on any atom is 0.332 e. The summed E-state index contributed by atoms with van der Waals surface area (Å²) in [6.07, 6.45) is 0.955. The van der Waals surface area contributed by atoms with Gasteiger partial charge in [0.05, 0.1) is 6.04 Å². The second-order valence-electron chi connectivity index (χ2n) is 6.97. The summed E-state index contributed by atoms with van der Waals surface area (Å²) in [4.78, 5) is 40.2. The largest absolute Gasteiger partial charge is 0.348 e. The number of rotatable bonds is 6. The topological polar surface area (TPSA) is 69.7 Å². The minimum atomic E-state index is -0.637. The molecule has 1 N–H and O–H groups in total. The lowest BCUT2D eigenvalue weighted by molar-refractivity contribution is -0.132. The van der Waals surface area contributed by atoms with Gasteiger partial charge >= 0.3 is 6.03 Å². The number of nitrogens with one attached hydrogen (secondary N) is 1. The molecule has 0 aromatic heterocycles. The number of carbonyl (C=O) groups is 3. The van der Waals surface area contributed by atoms with Gasteiger partial charge in [-0.2, -0.15) is 0 Å². The predicted octanol–water partition coefficient (Wildman–Crippen LogP) is 3.28. The molecule has 0 aliphatic carbocycles. The Kier molecular flexibility index (Phi) is 5.78. The number of aryl methyl sites for hydroxylation is 1. The molecule has 6 nitrogen and oxygen atoms in total. The third-order valence-corrected chi connectivity index (χ3v) is 5.05. The van der Waals surface area contributed by atoms with Crippen LogP contribution in [0, 0.1) is 0 Å². The SMILES string of the molecule is CCc1ccc(C(C)NC(=O)CN2C(=O)C(C)N(c3ccccc3)C2=O)cc1. The first-order valence-corrected chi connectivity index (χ1v) is 9.50. The predicted molar refractivity (Wildman–Crippen MR) is 108 cm³/mol. The van der Waals surface area contributed by atoms with Gasteiger partial charge in [0.2, 0.25) is 5.91 Å². The van der Waals surface area contributed by atoms with E-state index >= 15 is 0 Å². The van der Waals surface area contributed by atoms with Crippen molar-refractivity contribution in [1.29, 1.82) is 0 Å². The minimum absolute atomic E-state index is 0.214. The Morgan fingerprint density at radius 1 is 1.07 bits per heavy atom. The zero-order valence-corrected chi connectivity index (χ0v) is 16.4. The fraction of sp³-hybridized carbons (Fsp3) is 0.318. The number of para-hydroxylation sites is 1. The Morgan fingerprint density at radius 2 is 1.71 bits per heavy atom. The van der Waals surface area contributed by atoms with Crippen LogP contribution in [0.2, 0.25) is 0 Å². The van der Waals surface area contributed by atoms with Gasteiger partial charge in [0, 0.05) is 5.69 Å². The van der Waals surface area contributed by atoms with Crippen LogP contribution in [0.1, 0.15) is 37.9 Å². The Balaban J connectivity index is 1.66. The smallest absolute Gasteiger partial charge is 0.332 e. The van der Waals surface area contributed by atoms with E-state index in [1.54, 1.807) is 31.2 Å². The van der Waals surface area contributed by atoms with Crippen LogP contribution in [0.3, 0.4) is 0 Å². The number of carbonyl (C=O) groups excluding carboxylic acids is 3. The molecule has 1 saturated heterocycles. The molecule has 2 unspecified atom stereocenters.